The summed E-state index contributed by atoms with van der Waals surface area (Å²) >= 11 is 0. The zero-order valence-corrected chi connectivity index (χ0v) is 17.4. The number of ether oxygens (including phenoxy) is 1. The van der Waals surface area contributed by atoms with Gasteiger partial charge in [-0.2, -0.15) is 5.10 Å². The van der Waals surface area contributed by atoms with E-state index in [0.717, 1.165) is 16.9 Å². The molecule has 0 saturated carbocycles. The fraction of sp³-hybridized carbons (Fsp3) is 0.200. The molecule has 154 valence electrons. The molecular weight excluding hydrogens is 376 g/mol. The van der Waals surface area contributed by atoms with Gasteiger partial charge in [-0.05, 0) is 70.6 Å². The number of anilines is 1. The number of carboxylic acid groups (broad SMARTS) is 1. The Kier molecular flexibility index (Phi) is 6.52. The average Bonchev–Trinajstić information content (AvgIpc) is 2.73. The van der Waals surface area contributed by atoms with Crippen molar-refractivity contribution < 1.29 is 14.6 Å². The Bertz CT molecular complexity index is 1000. The van der Waals surface area contributed by atoms with Gasteiger partial charge in [-0.3, -0.25) is 5.43 Å². The average molecular weight is 402 g/mol. The Balaban J connectivity index is 1.50. The fourth-order valence-electron chi connectivity index (χ4n) is 2.79. The van der Waals surface area contributed by atoms with Crippen molar-refractivity contribution in [2.24, 2.45) is 5.10 Å². The number of carbonyl (C=O) groups is 1. The van der Waals surface area contributed by atoms with Crippen LogP contribution in [0, 0.1) is 0 Å². The third-order valence-corrected chi connectivity index (χ3v) is 4.64. The molecule has 0 saturated heterocycles. The third-order valence-electron chi connectivity index (χ3n) is 4.64. The Hall–Kier alpha value is -3.60. The smallest absolute Gasteiger partial charge is 0.335 e. The van der Waals surface area contributed by atoms with Crippen LogP contribution in [0.15, 0.2) is 77.9 Å². The number of nitrogens with one attached hydrogen (secondary N) is 1. The summed E-state index contributed by atoms with van der Waals surface area (Å²) in [6.07, 6.45) is 1.69. The van der Waals surface area contributed by atoms with Crippen molar-refractivity contribution in [1.82, 2.24) is 0 Å². The highest BCUT2D eigenvalue weighted by Gasteiger charge is 2.12. The Labute approximate surface area is 177 Å². The van der Waals surface area contributed by atoms with Gasteiger partial charge in [-0.25, -0.2) is 4.79 Å². The van der Waals surface area contributed by atoms with Crippen molar-refractivity contribution in [2.75, 3.05) is 5.43 Å². The number of benzene rings is 3. The molecule has 0 aliphatic carbocycles. The molecule has 2 N–H and O–H groups in total. The van der Waals surface area contributed by atoms with Crippen LogP contribution >= 0.6 is 0 Å². The van der Waals surface area contributed by atoms with Crippen LogP contribution in [0.4, 0.5) is 5.69 Å². The molecule has 3 aromatic carbocycles. The zero-order chi connectivity index (χ0) is 21.6. The Morgan fingerprint density at radius 2 is 1.60 bits per heavy atom. The lowest BCUT2D eigenvalue weighted by atomic mass is 9.87. The van der Waals surface area contributed by atoms with Gasteiger partial charge in [-0.15, -0.1) is 0 Å². The van der Waals surface area contributed by atoms with E-state index < -0.39 is 5.97 Å². The first-order valence-corrected chi connectivity index (χ1v) is 9.76. The molecule has 0 aromatic heterocycles. The molecule has 3 rings (SSSR count). The lowest BCUT2D eigenvalue weighted by Gasteiger charge is -2.19. The summed E-state index contributed by atoms with van der Waals surface area (Å²) in [5.74, 6) is -0.154. The molecule has 0 spiro atoms. The van der Waals surface area contributed by atoms with Gasteiger partial charge in [-0.1, -0.05) is 45.0 Å². The molecule has 0 heterocycles. The number of hydrazone groups is 1. The van der Waals surface area contributed by atoms with Gasteiger partial charge in [0, 0.05) is 0 Å². The van der Waals surface area contributed by atoms with Gasteiger partial charge in [0.2, 0.25) is 0 Å². The van der Waals surface area contributed by atoms with Gasteiger partial charge in [0.25, 0.3) is 0 Å². The number of rotatable bonds is 7. The van der Waals surface area contributed by atoms with Crippen LogP contribution in [0.3, 0.4) is 0 Å². The molecular formula is C25H26N2O3. The standard InChI is InChI=1S/C25H26N2O3/c1-25(2,3)21-10-4-19(5-11-21)17-30-23-14-6-18(7-15-23)16-26-27-22-12-8-20(9-13-22)24(28)29/h4-16,27H,17H2,1-3H3,(H,28,29)/b26-16+. The molecule has 30 heavy (non-hydrogen) atoms. The Morgan fingerprint density at radius 3 is 2.17 bits per heavy atom. The molecule has 0 aliphatic rings. The van der Waals surface area contributed by atoms with E-state index in [9.17, 15) is 4.79 Å². The van der Waals surface area contributed by atoms with E-state index in [2.05, 4.69) is 55.6 Å². The van der Waals surface area contributed by atoms with Crippen molar-refractivity contribution in [3.8, 4) is 5.75 Å². The van der Waals surface area contributed by atoms with Gasteiger partial charge in [0.15, 0.2) is 0 Å². The van der Waals surface area contributed by atoms with Gasteiger partial charge >= 0.3 is 5.97 Å². The van der Waals surface area contributed by atoms with Crippen LogP contribution in [-0.2, 0) is 12.0 Å². The van der Waals surface area contributed by atoms with E-state index in [1.54, 1.807) is 18.3 Å². The molecule has 0 unspecified atom stereocenters. The van der Waals surface area contributed by atoms with E-state index in [1.165, 1.54) is 17.7 Å². The van der Waals surface area contributed by atoms with Crippen LogP contribution in [0.1, 0.15) is 47.8 Å². The SMILES string of the molecule is CC(C)(C)c1ccc(COc2ccc(/C=N/Nc3ccc(C(=O)O)cc3)cc2)cc1. The summed E-state index contributed by atoms with van der Waals surface area (Å²) in [4.78, 5) is 10.9. The highest BCUT2D eigenvalue weighted by atomic mass is 16.5. The molecule has 0 bridgehead atoms. The van der Waals surface area contributed by atoms with E-state index >= 15 is 0 Å². The van der Waals surface area contributed by atoms with Crippen LogP contribution in [0.2, 0.25) is 0 Å². The number of hydrogen-bond acceptors (Lipinski definition) is 4. The lowest BCUT2D eigenvalue weighted by Crippen LogP contribution is -2.10. The summed E-state index contributed by atoms with van der Waals surface area (Å²) in [7, 11) is 0. The normalized spacial score (nSPS) is 11.4. The lowest BCUT2D eigenvalue weighted by molar-refractivity contribution is 0.0697. The monoisotopic (exact) mass is 402 g/mol. The first kappa shape index (κ1) is 21.1. The summed E-state index contributed by atoms with van der Waals surface area (Å²) in [5.41, 5.74) is 7.35. The molecule has 5 heteroatoms. The summed E-state index contributed by atoms with van der Waals surface area (Å²) < 4.78 is 5.87. The first-order valence-electron chi connectivity index (χ1n) is 9.76. The molecule has 0 fully saturated rings. The minimum Gasteiger partial charge on any atom is -0.489 e. The molecule has 0 aliphatic heterocycles. The maximum absolute atomic E-state index is 10.9. The fourth-order valence-corrected chi connectivity index (χ4v) is 2.79. The molecule has 0 atom stereocenters. The largest absolute Gasteiger partial charge is 0.489 e. The predicted octanol–water partition coefficient (Wildman–Crippen LogP) is 5.71. The minimum atomic E-state index is -0.950. The van der Waals surface area contributed by atoms with Crippen LogP contribution in [0.5, 0.6) is 5.75 Å². The highest BCUT2D eigenvalue weighted by Crippen LogP contribution is 2.22. The van der Waals surface area contributed by atoms with Crippen molar-refractivity contribution in [2.45, 2.75) is 32.8 Å². The summed E-state index contributed by atoms with van der Waals surface area (Å²) in [5, 5.41) is 13.1. The van der Waals surface area contributed by atoms with E-state index in [4.69, 9.17) is 9.84 Å². The quantitative estimate of drug-likeness (QED) is 0.392. The molecule has 0 amide bonds. The number of hydrogen-bond donors (Lipinski definition) is 2. The molecule has 5 nitrogen and oxygen atoms in total. The number of carboxylic acids is 1. The van der Waals surface area contributed by atoms with Crippen LogP contribution < -0.4 is 10.2 Å². The zero-order valence-electron chi connectivity index (χ0n) is 17.4. The van der Waals surface area contributed by atoms with E-state index in [1.807, 2.05) is 24.3 Å². The van der Waals surface area contributed by atoms with Gasteiger partial charge < -0.3 is 9.84 Å². The number of aromatic carboxylic acids is 1. The predicted molar refractivity (Wildman–Crippen MR) is 121 cm³/mol. The molecule has 3 aromatic rings. The highest BCUT2D eigenvalue weighted by molar-refractivity contribution is 5.88. The summed E-state index contributed by atoms with van der Waals surface area (Å²) in [6.45, 7) is 7.13. The molecule has 0 radical (unpaired) electrons. The van der Waals surface area contributed by atoms with E-state index in [-0.39, 0.29) is 11.0 Å². The van der Waals surface area contributed by atoms with Crippen molar-refractivity contribution >= 4 is 17.9 Å². The third kappa shape index (κ3) is 5.95. The van der Waals surface area contributed by atoms with Gasteiger partial charge in [0.05, 0.1) is 17.5 Å². The number of nitrogens with zero attached hydrogens (tertiary/aromatic N) is 1. The Morgan fingerprint density at radius 1 is 0.967 bits per heavy atom. The van der Waals surface area contributed by atoms with Crippen molar-refractivity contribution in [1.29, 1.82) is 0 Å². The van der Waals surface area contributed by atoms with Crippen LogP contribution in [0.25, 0.3) is 0 Å². The second kappa shape index (κ2) is 9.27. The second-order valence-corrected chi connectivity index (χ2v) is 8.06. The maximum Gasteiger partial charge on any atom is 0.335 e. The second-order valence-electron chi connectivity index (χ2n) is 8.06. The van der Waals surface area contributed by atoms with Gasteiger partial charge in [0.1, 0.15) is 12.4 Å². The maximum atomic E-state index is 10.9. The minimum absolute atomic E-state index is 0.146. The first-order chi connectivity index (χ1) is 14.3. The van der Waals surface area contributed by atoms with Crippen molar-refractivity contribution in [3.05, 3.63) is 95.1 Å². The van der Waals surface area contributed by atoms with E-state index in [0.29, 0.717) is 12.3 Å². The topological polar surface area (TPSA) is 70.9 Å². The van der Waals surface area contributed by atoms with Crippen molar-refractivity contribution in [3.63, 3.8) is 0 Å². The van der Waals surface area contributed by atoms with Crippen LogP contribution in [-0.4, -0.2) is 17.3 Å². The summed E-state index contributed by atoms with van der Waals surface area (Å²) in [6, 6.07) is 22.6.